The van der Waals surface area contributed by atoms with Crippen molar-refractivity contribution in [3.05, 3.63) is 84.2 Å². The van der Waals surface area contributed by atoms with E-state index in [0.717, 1.165) is 0 Å². The maximum Gasteiger partial charge on any atom is 0.336 e. The molecule has 0 saturated heterocycles. The van der Waals surface area contributed by atoms with Crippen LogP contribution in [-0.2, 0) is 0 Å². The van der Waals surface area contributed by atoms with Crippen LogP contribution in [0.25, 0.3) is 22.4 Å². The van der Waals surface area contributed by atoms with Crippen molar-refractivity contribution in [1.82, 2.24) is 14.5 Å². The van der Waals surface area contributed by atoms with E-state index in [-0.39, 0.29) is 11.5 Å². The highest BCUT2D eigenvalue weighted by Gasteiger charge is 2.22. The summed E-state index contributed by atoms with van der Waals surface area (Å²) in [7, 11) is 0. The van der Waals surface area contributed by atoms with Crippen LogP contribution in [0.1, 0.15) is 20.7 Å². The van der Waals surface area contributed by atoms with Crippen molar-refractivity contribution in [1.29, 1.82) is 0 Å². The predicted octanol–water partition coefficient (Wildman–Crippen LogP) is 3.49. The van der Waals surface area contributed by atoms with Crippen molar-refractivity contribution in [3.63, 3.8) is 0 Å². The molecule has 0 saturated carbocycles. The van der Waals surface area contributed by atoms with E-state index in [1.54, 1.807) is 42.5 Å². The lowest BCUT2D eigenvalue weighted by Gasteiger charge is -2.10. The molecule has 26 heavy (non-hydrogen) atoms. The van der Waals surface area contributed by atoms with Gasteiger partial charge in [0.15, 0.2) is 0 Å². The maximum absolute atomic E-state index is 13.1. The number of hydrogen-bond donors (Lipinski definition) is 1. The summed E-state index contributed by atoms with van der Waals surface area (Å²) < 4.78 is 1.45. The molecule has 0 aliphatic rings. The largest absolute Gasteiger partial charge is 0.478 e. The fourth-order valence-electron chi connectivity index (χ4n) is 2.90. The Hall–Kier alpha value is -3.80. The molecular weight excluding hydrogens is 330 g/mol. The predicted molar refractivity (Wildman–Crippen MR) is 96.1 cm³/mol. The zero-order valence-corrected chi connectivity index (χ0v) is 13.5. The molecular formula is C20H13N3O3. The van der Waals surface area contributed by atoms with Crippen LogP contribution in [0, 0.1) is 0 Å². The second-order valence-electron chi connectivity index (χ2n) is 5.65. The summed E-state index contributed by atoms with van der Waals surface area (Å²) in [4.78, 5) is 33.2. The number of carboxylic acids is 1. The highest BCUT2D eigenvalue weighted by atomic mass is 16.4. The van der Waals surface area contributed by atoms with Crippen LogP contribution in [0.2, 0.25) is 0 Å². The Balaban J connectivity index is 2.03. The Kier molecular flexibility index (Phi) is 3.78. The van der Waals surface area contributed by atoms with Gasteiger partial charge in [-0.3, -0.25) is 14.3 Å². The van der Waals surface area contributed by atoms with E-state index in [9.17, 15) is 14.7 Å². The van der Waals surface area contributed by atoms with Gasteiger partial charge in [0.2, 0.25) is 0 Å². The first-order chi connectivity index (χ1) is 12.7. The third-order valence-electron chi connectivity index (χ3n) is 4.09. The van der Waals surface area contributed by atoms with Crippen LogP contribution in [0.15, 0.2) is 73.1 Å². The third kappa shape index (κ3) is 2.53. The van der Waals surface area contributed by atoms with E-state index in [2.05, 4.69) is 9.97 Å². The zero-order chi connectivity index (χ0) is 18.1. The molecule has 2 aromatic carbocycles. The zero-order valence-electron chi connectivity index (χ0n) is 13.5. The van der Waals surface area contributed by atoms with Crippen molar-refractivity contribution in [2.24, 2.45) is 0 Å². The van der Waals surface area contributed by atoms with Gasteiger partial charge in [-0.2, -0.15) is 0 Å². The van der Waals surface area contributed by atoms with Gasteiger partial charge < -0.3 is 5.11 Å². The lowest BCUT2D eigenvalue weighted by Crippen LogP contribution is -2.14. The lowest BCUT2D eigenvalue weighted by molar-refractivity contribution is 0.0697. The van der Waals surface area contributed by atoms with Gasteiger partial charge in [-0.05, 0) is 30.3 Å². The summed E-state index contributed by atoms with van der Waals surface area (Å²) >= 11 is 0. The first kappa shape index (κ1) is 15.7. The number of rotatable bonds is 3. The van der Waals surface area contributed by atoms with Crippen LogP contribution in [0.4, 0.5) is 0 Å². The molecule has 0 atom stereocenters. The van der Waals surface area contributed by atoms with Gasteiger partial charge in [-0.1, -0.05) is 30.3 Å². The minimum atomic E-state index is -1.07. The molecule has 0 aliphatic heterocycles. The molecule has 0 spiro atoms. The Morgan fingerprint density at radius 3 is 2.35 bits per heavy atom. The second kappa shape index (κ2) is 6.25. The number of pyridine rings is 1. The Morgan fingerprint density at radius 1 is 0.885 bits per heavy atom. The number of carbonyl (C=O) groups is 2. The van der Waals surface area contributed by atoms with Gasteiger partial charge in [0.05, 0.1) is 16.6 Å². The molecule has 0 radical (unpaired) electrons. The highest BCUT2D eigenvalue weighted by Crippen LogP contribution is 2.28. The number of aromatic carboxylic acids is 1. The van der Waals surface area contributed by atoms with Crippen LogP contribution >= 0.6 is 0 Å². The van der Waals surface area contributed by atoms with Gasteiger partial charge in [-0.15, -0.1) is 0 Å². The fraction of sp³-hybridized carbons (Fsp3) is 0. The molecule has 4 aromatic rings. The van der Waals surface area contributed by atoms with Crippen molar-refractivity contribution < 1.29 is 14.7 Å². The molecule has 0 unspecified atom stereocenters. The standard InChI is InChI=1S/C20H13N3O3/c24-19(13-9-11-21-12-10-13)23-17-8-4-3-7-16(17)22-18(23)14-5-1-2-6-15(14)20(25)26/h1-12H,(H,25,26). The summed E-state index contributed by atoms with van der Waals surface area (Å²) in [6, 6.07) is 17.0. The van der Waals surface area contributed by atoms with Gasteiger partial charge in [-0.25, -0.2) is 9.78 Å². The maximum atomic E-state index is 13.1. The summed E-state index contributed by atoms with van der Waals surface area (Å²) in [6.45, 7) is 0. The number of para-hydroxylation sites is 2. The molecule has 0 bridgehead atoms. The molecule has 6 heteroatoms. The van der Waals surface area contributed by atoms with E-state index < -0.39 is 5.97 Å². The quantitative estimate of drug-likeness (QED) is 0.615. The Morgan fingerprint density at radius 2 is 1.58 bits per heavy atom. The fourth-order valence-corrected chi connectivity index (χ4v) is 2.90. The number of fused-ring (bicyclic) bond motifs is 1. The highest BCUT2D eigenvalue weighted by molar-refractivity contribution is 6.05. The molecule has 0 aliphatic carbocycles. The topological polar surface area (TPSA) is 85.1 Å². The number of aromatic nitrogens is 3. The van der Waals surface area contributed by atoms with Gasteiger partial charge >= 0.3 is 5.97 Å². The number of nitrogens with zero attached hydrogens (tertiary/aromatic N) is 3. The average Bonchev–Trinajstić information content (AvgIpc) is 3.07. The van der Waals surface area contributed by atoms with E-state index in [4.69, 9.17) is 0 Å². The minimum absolute atomic E-state index is 0.0894. The molecule has 2 aromatic heterocycles. The Labute approximate surface area is 148 Å². The normalized spacial score (nSPS) is 10.8. The molecule has 4 rings (SSSR count). The summed E-state index contributed by atoms with van der Waals surface area (Å²) in [5, 5.41) is 9.52. The van der Waals surface area contributed by atoms with Gasteiger partial charge in [0.25, 0.3) is 5.91 Å². The van der Waals surface area contributed by atoms with Crippen LogP contribution in [0.5, 0.6) is 0 Å². The molecule has 0 amide bonds. The molecule has 6 nitrogen and oxygen atoms in total. The number of imidazole rings is 1. The van der Waals surface area contributed by atoms with Crippen molar-refractivity contribution in [2.45, 2.75) is 0 Å². The summed E-state index contributed by atoms with van der Waals surface area (Å²) in [5.74, 6) is -1.07. The van der Waals surface area contributed by atoms with E-state index >= 15 is 0 Å². The molecule has 126 valence electrons. The first-order valence-electron chi connectivity index (χ1n) is 7.92. The SMILES string of the molecule is O=C(O)c1ccccc1-c1nc2ccccc2n1C(=O)c1ccncc1. The molecule has 2 heterocycles. The van der Waals surface area contributed by atoms with E-state index in [1.165, 1.54) is 23.0 Å². The van der Waals surface area contributed by atoms with Crippen molar-refractivity contribution in [3.8, 4) is 11.4 Å². The van der Waals surface area contributed by atoms with Crippen LogP contribution in [0.3, 0.4) is 0 Å². The Bertz CT molecular complexity index is 1130. The number of carboxylic acid groups (broad SMARTS) is 1. The molecule has 0 fully saturated rings. The molecule has 1 N–H and O–H groups in total. The van der Waals surface area contributed by atoms with Gasteiger partial charge in [0.1, 0.15) is 5.82 Å². The van der Waals surface area contributed by atoms with Crippen LogP contribution in [-0.4, -0.2) is 31.5 Å². The van der Waals surface area contributed by atoms with E-state index in [1.807, 2.05) is 12.1 Å². The van der Waals surface area contributed by atoms with Crippen LogP contribution < -0.4 is 0 Å². The smallest absolute Gasteiger partial charge is 0.336 e. The third-order valence-corrected chi connectivity index (χ3v) is 4.09. The second-order valence-corrected chi connectivity index (χ2v) is 5.65. The first-order valence-corrected chi connectivity index (χ1v) is 7.92. The van der Waals surface area contributed by atoms with Gasteiger partial charge in [0, 0.05) is 23.5 Å². The van der Waals surface area contributed by atoms with Crippen molar-refractivity contribution >= 4 is 22.9 Å². The number of benzene rings is 2. The summed E-state index contributed by atoms with van der Waals surface area (Å²) in [6.07, 6.45) is 3.08. The lowest BCUT2D eigenvalue weighted by atomic mass is 10.1. The number of carbonyl (C=O) groups excluding carboxylic acids is 1. The average molecular weight is 343 g/mol. The van der Waals surface area contributed by atoms with E-state index in [0.29, 0.717) is 28.0 Å². The minimum Gasteiger partial charge on any atom is -0.478 e. The monoisotopic (exact) mass is 343 g/mol. The van der Waals surface area contributed by atoms with Crippen molar-refractivity contribution in [2.75, 3.05) is 0 Å². The number of hydrogen-bond acceptors (Lipinski definition) is 4. The summed E-state index contributed by atoms with van der Waals surface area (Å²) in [5.41, 5.74) is 2.15.